The molecule has 31 heavy (non-hydrogen) atoms. The van der Waals surface area contributed by atoms with Crippen molar-refractivity contribution in [3.63, 3.8) is 0 Å². The molecule has 0 spiro atoms. The fourth-order valence-electron chi connectivity index (χ4n) is 5.00. The molecule has 0 radical (unpaired) electrons. The van der Waals surface area contributed by atoms with Gasteiger partial charge in [-0.25, -0.2) is 8.78 Å². The Bertz CT molecular complexity index is 969. The van der Waals surface area contributed by atoms with E-state index in [9.17, 15) is 22.0 Å². The number of benzene rings is 2. The van der Waals surface area contributed by atoms with Gasteiger partial charge >= 0.3 is 6.36 Å². The molecule has 0 aliphatic heterocycles. The normalized spacial score (nSPS) is 21.1. The van der Waals surface area contributed by atoms with Crippen molar-refractivity contribution in [2.75, 3.05) is 0 Å². The Morgan fingerprint density at radius 1 is 0.968 bits per heavy atom. The molecule has 2 aliphatic rings. The van der Waals surface area contributed by atoms with Gasteiger partial charge in [-0.15, -0.1) is 13.2 Å². The van der Waals surface area contributed by atoms with E-state index in [1.54, 1.807) is 0 Å². The van der Waals surface area contributed by atoms with Crippen LogP contribution in [0.15, 0.2) is 36.4 Å². The van der Waals surface area contributed by atoms with E-state index in [0.29, 0.717) is 24.3 Å². The van der Waals surface area contributed by atoms with Crippen LogP contribution >= 0.6 is 0 Å². The summed E-state index contributed by atoms with van der Waals surface area (Å²) in [5, 5.41) is 0. The molecule has 166 valence electrons. The number of halogens is 5. The van der Waals surface area contributed by atoms with Crippen molar-refractivity contribution in [2.45, 2.75) is 64.1 Å². The van der Waals surface area contributed by atoms with Gasteiger partial charge < -0.3 is 4.74 Å². The van der Waals surface area contributed by atoms with Crippen molar-refractivity contribution >= 4 is 0 Å². The van der Waals surface area contributed by atoms with Crippen LogP contribution in [0.25, 0.3) is 0 Å². The first-order valence-electron chi connectivity index (χ1n) is 10.8. The highest BCUT2D eigenvalue weighted by Gasteiger charge is 2.35. The van der Waals surface area contributed by atoms with Gasteiger partial charge in [0.1, 0.15) is 0 Å². The average Bonchev–Trinajstić information content (AvgIpc) is 2.73. The number of hydrogen-bond acceptors (Lipinski definition) is 1. The topological polar surface area (TPSA) is 9.23 Å². The van der Waals surface area contributed by atoms with Crippen LogP contribution in [0.4, 0.5) is 22.0 Å². The number of hydrogen-bond donors (Lipinski definition) is 0. The van der Waals surface area contributed by atoms with E-state index in [2.05, 4.69) is 35.9 Å². The monoisotopic (exact) mass is 436 g/mol. The summed E-state index contributed by atoms with van der Waals surface area (Å²) >= 11 is 0. The minimum Gasteiger partial charge on any atom is -0.399 e. The van der Waals surface area contributed by atoms with Crippen LogP contribution in [0.5, 0.6) is 5.75 Å². The molecule has 0 unspecified atom stereocenters. The minimum absolute atomic E-state index is 0.140. The van der Waals surface area contributed by atoms with Crippen LogP contribution in [0.2, 0.25) is 0 Å². The van der Waals surface area contributed by atoms with Crippen molar-refractivity contribution in [3.8, 4) is 5.75 Å². The van der Waals surface area contributed by atoms with Gasteiger partial charge in [0, 0.05) is 0 Å². The maximum atomic E-state index is 14.2. The summed E-state index contributed by atoms with van der Waals surface area (Å²) in [4.78, 5) is 0. The van der Waals surface area contributed by atoms with E-state index in [1.165, 1.54) is 22.3 Å². The Morgan fingerprint density at radius 2 is 1.58 bits per heavy atom. The van der Waals surface area contributed by atoms with Crippen molar-refractivity contribution in [1.29, 1.82) is 0 Å². The number of allylic oxidation sites excluding steroid dienone is 2. The van der Waals surface area contributed by atoms with E-state index in [-0.39, 0.29) is 5.92 Å². The lowest BCUT2D eigenvalue weighted by atomic mass is 9.74. The van der Waals surface area contributed by atoms with E-state index < -0.39 is 23.7 Å². The van der Waals surface area contributed by atoms with Gasteiger partial charge in [-0.2, -0.15) is 0 Å². The number of fused-ring (bicyclic) bond motifs is 3. The Labute approximate surface area is 178 Å². The summed E-state index contributed by atoms with van der Waals surface area (Å²) in [6, 6.07) is 6.23. The third-order valence-corrected chi connectivity index (χ3v) is 6.44. The minimum atomic E-state index is -5.14. The zero-order chi connectivity index (χ0) is 22.2. The SMILES string of the molecule is CC/C=C/[C@H]1CCc2c(ccc3c2CC[C@H](c2cc(F)c(OC(F)(F)F)c(F)c2)C3)C1. The molecule has 0 N–H and O–H groups in total. The van der Waals surface area contributed by atoms with E-state index >= 15 is 0 Å². The van der Waals surface area contributed by atoms with Crippen molar-refractivity contribution < 1.29 is 26.7 Å². The summed E-state index contributed by atoms with van der Waals surface area (Å²) in [6.45, 7) is 2.13. The molecule has 4 rings (SSSR count). The fraction of sp³-hybridized carbons (Fsp3) is 0.440. The molecule has 2 aliphatic carbocycles. The predicted molar refractivity (Wildman–Crippen MR) is 109 cm³/mol. The van der Waals surface area contributed by atoms with Crippen molar-refractivity contribution in [2.24, 2.45) is 5.92 Å². The van der Waals surface area contributed by atoms with Gasteiger partial charge in [-0.05, 0) is 96.7 Å². The van der Waals surface area contributed by atoms with Gasteiger partial charge in [0.2, 0.25) is 5.75 Å². The first-order valence-corrected chi connectivity index (χ1v) is 10.8. The van der Waals surface area contributed by atoms with Crippen molar-refractivity contribution in [1.82, 2.24) is 0 Å². The quantitative estimate of drug-likeness (QED) is 0.364. The molecule has 6 heteroatoms. The first-order chi connectivity index (χ1) is 14.7. The second kappa shape index (κ2) is 8.64. The third-order valence-electron chi connectivity index (χ3n) is 6.44. The van der Waals surface area contributed by atoms with Crippen LogP contribution in [0.3, 0.4) is 0 Å². The smallest absolute Gasteiger partial charge is 0.399 e. The highest BCUT2D eigenvalue weighted by molar-refractivity contribution is 5.46. The maximum absolute atomic E-state index is 14.2. The van der Waals surface area contributed by atoms with Crippen LogP contribution in [-0.4, -0.2) is 6.36 Å². The maximum Gasteiger partial charge on any atom is 0.573 e. The molecule has 0 saturated heterocycles. The number of rotatable bonds is 4. The average molecular weight is 436 g/mol. The summed E-state index contributed by atoms with van der Waals surface area (Å²) in [6.07, 6.45) is 5.78. The Morgan fingerprint density at radius 3 is 2.19 bits per heavy atom. The van der Waals surface area contributed by atoms with Crippen LogP contribution in [0, 0.1) is 17.6 Å². The second-order valence-corrected chi connectivity index (χ2v) is 8.48. The second-order valence-electron chi connectivity index (χ2n) is 8.48. The van der Waals surface area contributed by atoms with E-state index in [1.807, 2.05) is 0 Å². The van der Waals surface area contributed by atoms with Crippen LogP contribution < -0.4 is 4.74 Å². The van der Waals surface area contributed by atoms with Crippen LogP contribution in [-0.2, 0) is 25.7 Å². The Hall–Kier alpha value is -2.37. The molecule has 0 amide bonds. The van der Waals surface area contributed by atoms with Crippen molar-refractivity contribution in [3.05, 3.63) is 75.9 Å². The molecular formula is C25H25F5O. The molecule has 0 heterocycles. The van der Waals surface area contributed by atoms with Gasteiger partial charge in [0.05, 0.1) is 0 Å². The molecule has 0 saturated carbocycles. The molecule has 2 aromatic carbocycles. The van der Waals surface area contributed by atoms with Crippen LogP contribution in [0.1, 0.15) is 59.9 Å². The molecule has 0 fully saturated rings. The molecular weight excluding hydrogens is 411 g/mol. The highest BCUT2D eigenvalue weighted by atomic mass is 19.4. The zero-order valence-corrected chi connectivity index (χ0v) is 17.4. The zero-order valence-electron chi connectivity index (χ0n) is 17.4. The highest BCUT2D eigenvalue weighted by Crippen LogP contribution is 2.40. The molecule has 2 aromatic rings. The summed E-state index contributed by atoms with van der Waals surface area (Å²) in [5.74, 6) is -3.61. The Kier molecular flexibility index (Phi) is 6.09. The summed E-state index contributed by atoms with van der Waals surface area (Å²) < 4.78 is 69.0. The standard InChI is InChI=1S/C25H25F5O/c1-2-3-4-15-5-9-20-17(11-15)6-7-18-12-16(8-10-21(18)20)19-13-22(26)24(23(27)14-19)31-25(28,29)30/h3-4,6-7,13-16H,2,5,8-12H2,1H3/b4-3+/t15-,16-/m0/s1. The Balaban J connectivity index is 1.55. The largest absolute Gasteiger partial charge is 0.573 e. The lowest BCUT2D eigenvalue weighted by Gasteiger charge is -2.31. The summed E-state index contributed by atoms with van der Waals surface area (Å²) in [5.41, 5.74) is 5.71. The van der Waals surface area contributed by atoms with Gasteiger partial charge in [0.15, 0.2) is 11.6 Å². The van der Waals surface area contributed by atoms with Gasteiger partial charge in [-0.3, -0.25) is 0 Å². The lowest BCUT2D eigenvalue weighted by Crippen LogP contribution is -2.21. The van der Waals surface area contributed by atoms with E-state index in [0.717, 1.165) is 44.2 Å². The number of alkyl halides is 3. The van der Waals surface area contributed by atoms with Gasteiger partial charge in [-0.1, -0.05) is 31.2 Å². The first kappa shape index (κ1) is 21.8. The van der Waals surface area contributed by atoms with Gasteiger partial charge in [0.25, 0.3) is 0 Å². The fourth-order valence-corrected chi connectivity index (χ4v) is 5.00. The lowest BCUT2D eigenvalue weighted by molar-refractivity contribution is -0.276. The molecule has 1 nitrogen and oxygen atoms in total. The third kappa shape index (κ3) is 4.78. The molecule has 0 bridgehead atoms. The number of ether oxygens (including phenoxy) is 1. The predicted octanol–water partition coefficient (Wildman–Crippen LogP) is 7.21. The van der Waals surface area contributed by atoms with E-state index in [4.69, 9.17) is 0 Å². The molecule has 0 aromatic heterocycles. The summed E-state index contributed by atoms with van der Waals surface area (Å²) in [7, 11) is 0. The molecule has 2 atom stereocenters.